The zero-order valence-corrected chi connectivity index (χ0v) is 23.8. The van der Waals surface area contributed by atoms with Crippen LogP contribution in [0.3, 0.4) is 0 Å². The number of carbonyl (C=O) groups is 1. The zero-order chi connectivity index (χ0) is 26.8. The Balaban J connectivity index is 1.66. The van der Waals surface area contributed by atoms with Gasteiger partial charge in [-0.3, -0.25) is 0 Å². The van der Waals surface area contributed by atoms with E-state index in [2.05, 4.69) is 38.8 Å². The van der Waals surface area contributed by atoms with Crippen molar-refractivity contribution in [1.29, 1.82) is 0 Å². The van der Waals surface area contributed by atoms with Gasteiger partial charge in [-0.1, -0.05) is 32.4 Å². The molecular formula is C28H32ClN3O4Si. The Morgan fingerprint density at radius 1 is 1.08 bits per heavy atom. The SMILES string of the molecule is COC(=O)c1cc(-c2cc(-n3ccnc3)c3ccc(Cl)cc3n2)ccc1OCCO[Si](C)(C)C(C)(C)C. The maximum absolute atomic E-state index is 12.7. The standard InChI is InChI=1S/C28H32ClN3O4Si/c1-28(2,3)37(5,6)36-14-13-35-26-10-7-19(15-22(26)27(33)34-4)23-17-25(32-12-11-30-18-32)21-9-8-20(29)16-24(21)31-23/h7-12,15-18H,13-14H2,1-6H3. The number of methoxy groups -OCH3 is 1. The molecule has 0 N–H and O–H groups in total. The lowest BCUT2D eigenvalue weighted by Gasteiger charge is -2.36. The van der Waals surface area contributed by atoms with Crippen LogP contribution in [-0.4, -0.2) is 49.1 Å². The lowest BCUT2D eigenvalue weighted by molar-refractivity contribution is 0.0595. The highest BCUT2D eigenvalue weighted by Crippen LogP contribution is 2.36. The number of hydrogen-bond acceptors (Lipinski definition) is 6. The van der Waals surface area contributed by atoms with Crippen LogP contribution in [-0.2, 0) is 9.16 Å². The van der Waals surface area contributed by atoms with Crippen molar-refractivity contribution in [2.75, 3.05) is 20.3 Å². The summed E-state index contributed by atoms with van der Waals surface area (Å²) in [6, 6.07) is 13.0. The fourth-order valence-electron chi connectivity index (χ4n) is 3.70. The van der Waals surface area contributed by atoms with Gasteiger partial charge in [0.25, 0.3) is 0 Å². The molecule has 0 unspecified atom stereocenters. The number of nitrogens with zero attached hydrogens (tertiary/aromatic N) is 3. The van der Waals surface area contributed by atoms with E-state index in [1.807, 2.05) is 41.1 Å². The predicted molar refractivity (Wildman–Crippen MR) is 149 cm³/mol. The number of imidazole rings is 1. The number of benzene rings is 2. The van der Waals surface area contributed by atoms with Crippen molar-refractivity contribution in [2.24, 2.45) is 0 Å². The Labute approximate surface area is 223 Å². The normalized spacial score (nSPS) is 12.1. The summed E-state index contributed by atoms with van der Waals surface area (Å²) in [6.45, 7) is 11.8. The Kier molecular flexibility index (Phi) is 7.73. The molecule has 2 aromatic carbocycles. The van der Waals surface area contributed by atoms with Crippen LogP contribution in [0.25, 0.3) is 27.8 Å². The number of ether oxygens (including phenoxy) is 2. The fraction of sp³-hybridized carbons (Fsp3) is 0.321. The molecule has 2 aromatic heterocycles. The summed E-state index contributed by atoms with van der Waals surface area (Å²) in [6.07, 6.45) is 5.32. The summed E-state index contributed by atoms with van der Waals surface area (Å²) in [7, 11) is -0.535. The molecular weight excluding hydrogens is 506 g/mol. The van der Waals surface area contributed by atoms with Crippen LogP contribution in [0.1, 0.15) is 31.1 Å². The van der Waals surface area contributed by atoms with Gasteiger partial charge in [0, 0.05) is 28.4 Å². The minimum Gasteiger partial charge on any atom is -0.490 e. The molecule has 0 amide bonds. The van der Waals surface area contributed by atoms with Crippen LogP contribution in [0.5, 0.6) is 5.75 Å². The third-order valence-electron chi connectivity index (χ3n) is 6.82. The highest BCUT2D eigenvalue weighted by Gasteiger charge is 2.37. The van der Waals surface area contributed by atoms with Gasteiger partial charge in [-0.05, 0) is 60.6 Å². The summed E-state index contributed by atoms with van der Waals surface area (Å²) >= 11 is 6.27. The molecule has 0 fully saturated rings. The first-order valence-electron chi connectivity index (χ1n) is 12.1. The summed E-state index contributed by atoms with van der Waals surface area (Å²) in [5.41, 5.74) is 3.38. The van der Waals surface area contributed by atoms with Crippen LogP contribution < -0.4 is 4.74 Å². The van der Waals surface area contributed by atoms with E-state index in [0.717, 1.165) is 22.2 Å². The number of hydrogen-bond donors (Lipinski definition) is 0. The smallest absolute Gasteiger partial charge is 0.341 e. The Hall–Kier alpha value is -3.20. The first-order valence-corrected chi connectivity index (χ1v) is 15.4. The molecule has 4 rings (SSSR count). The number of rotatable bonds is 8. The first-order chi connectivity index (χ1) is 17.5. The Morgan fingerprint density at radius 2 is 1.86 bits per heavy atom. The van der Waals surface area contributed by atoms with E-state index in [0.29, 0.717) is 35.2 Å². The van der Waals surface area contributed by atoms with Crippen molar-refractivity contribution < 1.29 is 18.7 Å². The van der Waals surface area contributed by atoms with Crippen LogP contribution in [0.15, 0.2) is 61.2 Å². The number of esters is 1. The van der Waals surface area contributed by atoms with Crippen molar-refractivity contribution in [3.8, 4) is 22.7 Å². The van der Waals surface area contributed by atoms with Crippen molar-refractivity contribution in [1.82, 2.24) is 14.5 Å². The third-order valence-corrected chi connectivity index (χ3v) is 11.6. The van der Waals surface area contributed by atoms with E-state index in [9.17, 15) is 4.79 Å². The molecule has 0 bridgehead atoms. The van der Waals surface area contributed by atoms with Crippen molar-refractivity contribution in [3.63, 3.8) is 0 Å². The van der Waals surface area contributed by atoms with Crippen LogP contribution in [0.2, 0.25) is 23.2 Å². The van der Waals surface area contributed by atoms with E-state index in [1.54, 1.807) is 24.7 Å². The summed E-state index contributed by atoms with van der Waals surface area (Å²) < 4.78 is 19.1. The molecule has 0 saturated heterocycles. The second-order valence-electron chi connectivity index (χ2n) is 10.3. The van der Waals surface area contributed by atoms with Crippen LogP contribution >= 0.6 is 11.6 Å². The van der Waals surface area contributed by atoms with Gasteiger partial charge in [0.1, 0.15) is 17.9 Å². The van der Waals surface area contributed by atoms with Gasteiger partial charge in [0.15, 0.2) is 8.32 Å². The predicted octanol–water partition coefficient (Wildman–Crippen LogP) is 6.93. The topological polar surface area (TPSA) is 75.5 Å². The number of carbonyl (C=O) groups excluding carboxylic acids is 1. The molecule has 0 atom stereocenters. The quantitative estimate of drug-likeness (QED) is 0.138. The van der Waals surface area contributed by atoms with Crippen molar-refractivity contribution >= 4 is 36.8 Å². The van der Waals surface area contributed by atoms with Gasteiger partial charge >= 0.3 is 5.97 Å². The van der Waals surface area contributed by atoms with Gasteiger partial charge in [-0.2, -0.15) is 0 Å². The van der Waals surface area contributed by atoms with E-state index in [4.69, 9.17) is 30.5 Å². The molecule has 0 aliphatic carbocycles. The maximum Gasteiger partial charge on any atom is 0.341 e. The molecule has 4 aromatic rings. The first kappa shape index (κ1) is 26.8. The molecule has 0 aliphatic heterocycles. The van der Waals surface area contributed by atoms with E-state index in [1.165, 1.54) is 7.11 Å². The second kappa shape index (κ2) is 10.7. The van der Waals surface area contributed by atoms with Gasteiger partial charge in [-0.25, -0.2) is 14.8 Å². The van der Waals surface area contributed by atoms with E-state index < -0.39 is 14.3 Å². The summed E-state index contributed by atoms with van der Waals surface area (Å²) in [5, 5.41) is 1.63. The highest BCUT2D eigenvalue weighted by atomic mass is 35.5. The summed E-state index contributed by atoms with van der Waals surface area (Å²) in [5.74, 6) is -0.0473. The molecule has 0 radical (unpaired) electrons. The number of halogens is 1. The average Bonchev–Trinajstić information content (AvgIpc) is 3.39. The Morgan fingerprint density at radius 3 is 2.54 bits per heavy atom. The van der Waals surface area contributed by atoms with Crippen molar-refractivity contribution in [2.45, 2.75) is 38.9 Å². The zero-order valence-electron chi connectivity index (χ0n) is 22.0. The lowest BCUT2D eigenvalue weighted by atomic mass is 10.0. The van der Waals surface area contributed by atoms with Crippen LogP contribution in [0, 0.1) is 0 Å². The molecule has 194 valence electrons. The minimum atomic E-state index is -1.89. The fourth-order valence-corrected chi connectivity index (χ4v) is 4.89. The largest absolute Gasteiger partial charge is 0.490 e. The number of aromatic nitrogens is 3. The minimum absolute atomic E-state index is 0.110. The van der Waals surface area contributed by atoms with Gasteiger partial charge < -0.3 is 18.5 Å². The van der Waals surface area contributed by atoms with Gasteiger partial charge in [-0.15, -0.1) is 0 Å². The molecule has 9 heteroatoms. The van der Waals surface area contributed by atoms with Crippen LogP contribution in [0.4, 0.5) is 0 Å². The van der Waals surface area contributed by atoms with E-state index in [-0.39, 0.29) is 5.04 Å². The lowest BCUT2D eigenvalue weighted by Crippen LogP contribution is -2.41. The number of fused-ring (bicyclic) bond motifs is 1. The molecule has 0 aliphatic rings. The van der Waals surface area contributed by atoms with E-state index >= 15 is 0 Å². The molecule has 0 spiro atoms. The second-order valence-corrected chi connectivity index (χ2v) is 15.6. The molecule has 37 heavy (non-hydrogen) atoms. The molecule has 0 saturated carbocycles. The van der Waals surface area contributed by atoms with Gasteiger partial charge in [0.2, 0.25) is 0 Å². The Bertz CT molecular complexity index is 1420. The maximum atomic E-state index is 12.7. The van der Waals surface area contributed by atoms with Crippen molar-refractivity contribution in [3.05, 3.63) is 71.8 Å². The highest BCUT2D eigenvalue weighted by molar-refractivity contribution is 6.74. The monoisotopic (exact) mass is 537 g/mol. The molecule has 7 nitrogen and oxygen atoms in total. The third kappa shape index (κ3) is 5.87. The number of pyridine rings is 1. The molecule has 2 heterocycles. The average molecular weight is 538 g/mol. The summed E-state index contributed by atoms with van der Waals surface area (Å²) in [4.78, 5) is 21.7. The van der Waals surface area contributed by atoms with Gasteiger partial charge in [0.05, 0.1) is 36.9 Å².